The zero-order valence-corrected chi connectivity index (χ0v) is 21.8. The lowest BCUT2D eigenvalue weighted by Gasteiger charge is -2.30. The fraction of sp³-hybridized carbons (Fsp3) is 0.786. The van der Waals surface area contributed by atoms with Crippen LogP contribution in [0.25, 0.3) is 0 Å². The maximum Gasteiger partial charge on any atom is 0.337 e. The summed E-state index contributed by atoms with van der Waals surface area (Å²) in [5.41, 5.74) is 0.220. The molecule has 0 spiro atoms. The second kappa shape index (κ2) is 21.4. The Morgan fingerprint density at radius 1 is 0.750 bits per heavy atom. The number of carboxylic acids is 1. The standard InChI is InChI=1S/C22H48N.C6H5NO2/c1-5-7-9-11-13-15-17-19-21-23(3,4)22-20-18-16-14-12-10-8-6-2;8-6(9)5-2-1-3-7-4-5/h5-22H2,1-4H3;1-4H,(H,8,9)/q+1;. The molecule has 0 saturated heterocycles. The van der Waals surface area contributed by atoms with Gasteiger partial charge in [-0.15, -0.1) is 0 Å². The number of hydrogen-bond acceptors (Lipinski definition) is 2. The molecule has 0 aliphatic heterocycles. The molecule has 4 nitrogen and oxygen atoms in total. The molecular weight excluding hydrogens is 396 g/mol. The van der Waals surface area contributed by atoms with E-state index < -0.39 is 5.97 Å². The van der Waals surface area contributed by atoms with Crippen molar-refractivity contribution in [2.45, 2.75) is 117 Å². The number of aromatic carboxylic acids is 1. The van der Waals surface area contributed by atoms with Gasteiger partial charge in [-0.05, 0) is 37.8 Å². The van der Waals surface area contributed by atoms with Crippen molar-refractivity contribution in [3.8, 4) is 0 Å². The van der Waals surface area contributed by atoms with Gasteiger partial charge in [0.05, 0.1) is 32.7 Å². The number of quaternary nitrogens is 1. The van der Waals surface area contributed by atoms with Crippen molar-refractivity contribution in [3.05, 3.63) is 30.1 Å². The Hall–Kier alpha value is -1.42. The molecule has 0 unspecified atom stereocenters. The van der Waals surface area contributed by atoms with E-state index in [9.17, 15) is 4.79 Å². The van der Waals surface area contributed by atoms with E-state index in [4.69, 9.17) is 5.11 Å². The van der Waals surface area contributed by atoms with Crippen LogP contribution in [-0.4, -0.2) is 47.7 Å². The number of carbonyl (C=O) groups is 1. The van der Waals surface area contributed by atoms with E-state index in [1.165, 1.54) is 139 Å². The van der Waals surface area contributed by atoms with Crippen molar-refractivity contribution in [2.24, 2.45) is 0 Å². The van der Waals surface area contributed by atoms with Crippen molar-refractivity contribution >= 4 is 5.97 Å². The van der Waals surface area contributed by atoms with Crippen molar-refractivity contribution < 1.29 is 14.4 Å². The SMILES string of the molecule is CCCCCCCCCC[N+](C)(C)CCCCCCCCCC.O=C(O)c1cccnc1. The second-order valence-corrected chi connectivity index (χ2v) is 9.88. The zero-order chi connectivity index (χ0) is 23.9. The number of rotatable bonds is 19. The smallest absolute Gasteiger partial charge is 0.337 e. The Balaban J connectivity index is 0.000000879. The summed E-state index contributed by atoms with van der Waals surface area (Å²) >= 11 is 0. The van der Waals surface area contributed by atoms with Crippen LogP contribution in [0.3, 0.4) is 0 Å². The first kappa shape index (κ1) is 30.6. The number of unbranched alkanes of at least 4 members (excludes halogenated alkanes) is 14. The van der Waals surface area contributed by atoms with Crippen LogP contribution in [0, 0.1) is 0 Å². The molecule has 4 heteroatoms. The number of nitrogens with zero attached hydrogens (tertiary/aromatic N) is 2. The molecule has 1 rings (SSSR count). The van der Waals surface area contributed by atoms with Crippen LogP contribution < -0.4 is 0 Å². The highest BCUT2D eigenvalue weighted by molar-refractivity contribution is 5.86. The molecule has 32 heavy (non-hydrogen) atoms. The molecule has 0 fully saturated rings. The van der Waals surface area contributed by atoms with Crippen LogP contribution in [0.1, 0.15) is 127 Å². The molecule has 1 aromatic rings. The average molecular weight is 450 g/mol. The van der Waals surface area contributed by atoms with Gasteiger partial charge in [-0.1, -0.05) is 90.9 Å². The fourth-order valence-electron chi connectivity index (χ4n) is 3.95. The number of aromatic nitrogens is 1. The molecule has 0 amide bonds. The first-order valence-corrected chi connectivity index (χ1v) is 13.4. The van der Waals surface area contributed by atoms with Gasteiger partial charge >= 0.3 is 5.97 Å². The highest BCUT2D eigenvalue weighted by atomic mass is 16.4. The molecule has 0 saturated carbocycles. The Labute approximate surface area is 199 Å². The number of carboxylic acid groups (broad SMARTS) is 1. The summed E-state index contributed by atoms with van der Waals surface area (Å²) in [6.07, 6.45) is 25.9. The zero-order valence-electron chi connectivity index (χ0n) is 21.8. The first-order chi connectivity index (χ1) is 15.4. The predicted octanol–water partition coefficient (Wildman–Crippen LogP) is 8.12. The third-order valence-corrected chi connectivity index (χ3v) is 6.14. The van der Waals surface area contributed by atoms with Gasteiger partial charge in [0.25, 0.3) is 0 Å². The maximum absolute atomic E-state index is 10.2. The molecule has 0 aliphatic carbocycles. The van der Waals surface area contributed by atoms with E-state index in [-0.39, 0.29) is 5.56 Å². The molecule has 0 aromatic carbocycles. The third-order valence-electron chi connectivity index (χ3n) is 6.14. The fourth-order valence-corrected chi connectivity index (χ4v) is 3.95. The Kier molecular flexibility index (Phi) is 20.5. The summed E-state index contributed by atoms with van der Waals surface area (Å²) in [5.74, 6) is -0.942. The van der Waals surface area contributed by atoms with Crippen LogP contribution >= 0.6 is 0 Å². The van der Waals surface area contributed by atoms with Gasteiger partial charge in [-0.3, -0.25) is 4.98 Å². The lowest BCUT2D eigenvalue weighted by Crippen LogP contribution is -2.41. The van der Waals surface area contributed by atoms with Crippen molar-refractivity contribution in [1.29, 1.82) is 0 Å². The maximum atomic E-state index is 10.2. The highest BCUT2D eigenvalue weighted by Crippen LogP contribution is 2.13. The van der Waals surface area contributed by atoms with Gasteiger partial charge in [0.2, 0.25) is 0 Å². The lowest BCUT2D eigenvalue weighted by molar-refractivity contribution is -0.890. The molecule has 1 aromatic heterocycles. The van der Waals surface area contributed by atoms with Crippen LogP contribution in [-0.2, 0) is 0 Å². The van der Waals surface area contributed by atoms with Crippen LogP contribution in [0.2, 0.25) is 0 Å². The minimum Gasteiger partial charge on any atom is -0.478 e. The van der Waals surface area contributed by atoms with Crippen molar-refractivity contribution in [1.82, 2.24) is 4.98 Å². The summed E-state index contributed by atoms with van der Waals surface area (Å²) < 4.78 is 1.24. The molecule has 0 aliphatic rings. The van der Waals surface area contributed by atoms with E-state index in [2.05, 4.69) is 32.9 Å². The van der Waals surface area contributed by atoms with E-state index in [0.717, 1.165) is 0 Å². The van der Waals surface area contributed by atoms with E-state index in [0.29, 0.717) is 0 Å². The van der Waals surface area contributed by atoms with Crippen LogP contribution in [0.4, 0.5) is 0 Å². The van der Waals surface area contributed by atoms with Crippen molar-refractivity contribution in [3.63, 3.8) is 0 Å². The van der Waals surface area contributed by atoms with Gasteiger partial charge in [0.15, 0.2) is 0 Å². The normalized spacial score (nSPS) is 11.1. The quantitative estimate of drug-likeness (QED) is 0.171. The van der Waals surface area contributed by atoms with Gasteiger partial charge < -0.3 is 9.59 Å². The van der Waals surface area contributed by atoms with E-state index >= 15 is 0 Å². The number of hydrogen-bond donors (Lipinski definition) is 1. The van der Waals surface area contributed by atoms with E-state index in [1.54, 1.807) is 6.07 Å². The summed E-state index contributed by atoms with van der Waals surface area (Å²) in [7, 11) is 4.87. The van der Waals surface area contributed by atoms with Gasteiger partial charge in [0.1, 0.15) is 0 Å². The van der Waals surface area contributed by atoms with Crippen molar-refractivity contribution in [2.75, 3.05) is 27.2 Å². The minimum absolute atomic E-state index is 0.220. The molecule has 0 atom stereocenters. The van der Waals surface area contributed by atoms with Gasteiger partial charge in [-0.25, -0.2) is 4.79 Å². The first-order valence-electron chi connectivity index (χ1n) is 13.4. The van der Waals surface area contributed by atoms with Crippen LogP contribution in [0.5, 0.6) is 0 Å². The highest BCUT2D eigenvalue weighted by Gasteiger charge is 2.13. The Bertz CT molecular complexity index is 509. The van der Waals surface area contributed by atoms with E-state index in [1.807, 2.05) is 0 Å². The third kappa shape index (κ3) is 20.5. The minimum atomic E-state index is -0.942. The molecule has 1 N–H and O–H groups in total. The molecule has 0 bridgehead atoms. The second-order valence-electron chi connectivity index (χ2n) is 9.88. The topological polar surface area (TPSA) is 50.2 Å². The lowest BCUT2D eigenvalue weighted by atomic mass is 10.1. The largest absolute Gasteiger partial charge is 0.478 e. The Morgan fingerprint density at radius 2 is 1.16 bits per heavy atom. The van der Waals surface area contributed by atoms with Gasteiger partial charge in [0, 0.05) is 12.4 Å². The summed E-state index contributed by atoms with van der Waals surface area (Å²) in [6, 6.07) is 3.08. The Morgan fingerprint density at radius 3 is 1.47 bits per heavy atom. The molecule has 1 heterocycles. The molecule has 0 radical (unpaired) electrons. The summed E-state index contributed by atoms with van der Waals surface area (Å²) in [6.45, 7) is 7.36. The summed E-state index contributed by atoms with van der Waals surface area (Å²) in [4.78, 5) is 13.8. The molecule has 186 valence electrons. The predicted molar refractivity (Wildman–Crippen MR) is 138 cm³/mol. The summed E-state index contributed by atoms with van der Waals surface area (Å²) in [5, 5.41) is 8.34. The molecular formula is C28H53N2O2+. The van der Waals surface area contributed by atoms with Crippen LogP contribution in [0.15, 0.2) is 24.5 Å². The number of pyridine rings is 1. The monoisotopic (exact) mass is 449 g/mol. The van der Waals surface area contributed by atoms with Gasteiger partial charge in [-0.2, -0.15) is 0 Å². The average Bonchev–Trinajstić information content (AvgIpc) is 2.78.